The first-order valence-electron chi connectivity index (χ1n) is 5.04. The number of aliphatic imine (C=N–C) groups is 1. The van der Waals surface area contributed by atoms with Crippen molar-refractivity contribution in [1.29, 1.82) is 0 Å². The minimum absolute atomic E-state index is 0.105. The maximum absolute atomic E-state index is 11.5. The molecule has 0 unspecified atom stereocenters. The summed E-state index contributed by atoms with van der Waals surface area (Å²) in [6.45, 7) is 5.48. The van der Waals surface area contributed by atoms with Crippen molar-refractivity contribution in [2.75, 3.05) is 5.32 Å². The fourth-order valence-electron chi connectivity index (χ4n) is 1.17. The summed E-state index contributed by atoms with van der Waals surface area (Å²) >= 11 is 0. The number of anilines is 1. The molecule has 0 aliphatic rings. The summed E-state index contributed by atoms with van der Waals surface area (Å²) in [7, 11) is 0. The third-order valence-electron chi connectivity index (χ3n) is 2.10. The lowest BCUT2D eigenvalue weighted by Crippen LogP contribution is -2.17. The zero-order chi connectivity index (χ0) is 12.1. The van der Waals surface area contributed by atoms with Crippen LogP contribution in [0.15, 0.2) is 23.2 Å². The number of rotatable bonds is 3. The first kappa shape index (κ1) is 12.1. The molecule has 1 amide bonds. The second-order valence-electron chi connectivity index (χ2n) is 3.87. The van der Waals surface area contributed by atoms with Crippen LogP contribution in [-0.4, -0.2) is 12.0 Å². The fourth-order valence-corrected chi connectivity index (χ4v) is 1.17. The highest BCUT2D eigenvalue weighted by Crippen LogP contribution is 2.26. The van der Waals surface area contributed by atoms with E-state index in [2.05, 4.69) is 10.3 Å². The van der Waals surface area contributed by atoms with Gasteiger partial charge in [-0.15, -0.1) is 0 Å². The van der Waals surface area contributed by atoms with Gasteiger partial charge >= 0.3 is 0 Å². The number of amides is 1. The normalized spacial score (nSPS) is 9.75. The van der Waals surface area contributed by atoms with Crippen molar-refractivity contribution in [2.24, 2.45) is 10.9 Å². The minimum atomic E-state index is -0.116. The van der Waals surface area contributed by atoms with Crippen LogP contribution in [0.1, 0.15) is 19.4 Å². The summed E-state index contributed by atoms with van der Waals surface area (Å²) in [5.74, 6) is -0.222. The quantitative estimate of drug-likeness (QED) is 0.626. The van der Waals surface area contributed by atoms with Crippen LogP contribution in [-0.2, 0) is 9.59 Å². The molecule has 1 aromatic carbocycles. The highest BCUT2D eigenvalue weighted by atomic mass is 16.1. The summed E-state index contributed by atoms with van der Waals surface area (Å²) in [6, 6.07) is 5.30. The molecule has 0 saturated carbocycles. The van der Waals surface area contributed by atoms with E-state index in [0.717, 1.165) is 5.56 Å². The Labute approximate surface area is 94.4 Å². The second kappa shape index (κ2) is 5.24. The van der Waals surface area contributed by atoms with Gasteiger partial charge in [-0.3, -0.25) is 4.79 Å². The lowest BCUT2D eigenvalue weighted by molar-refractivity contribution is -0.118. The van der Waals surface area contributed by atoms with E-state index in [9.17, 15) is 9.59 Å². The van der Waals surface area contributed by atoms with E-state index in [1.54, 1.807) is 26.0 Å². The van der Waals surface area contributed by atoms with Crippen LogP contribution in [0.4, 0.5) is 11.4 Å². The number of benzene rings is 1. The van der Waals surface area contributed by atoms with Crippen molar-refractivity contribution in [3.8, 4) is 0 Å². The van der Waals surface area contributed by atoms with E-state index in [0.29, 0.717) is 11.4 Å². The molecule has 0 radical (unpaired) electrons. The molecule has 4 heteroatoms. The summed E-state index contributed by atoms with van der Waals surface area (Å²) in [4.78, 5) is 25.3. The van der Waals surface area contributed by atoms with Crippen molar-refractivity contribution in [3.05, 3.63) is 23.8 Å². The predicted octanol–water partition coefficient (Wildman–Crippen LogP) is 2.56. The number of carbonyl (C=O) groups excluding carboxylic acids is 2. The maximum Gasteiger partial charge on any atom is 0.240 e. The molecule has 84 valence electrons. The molecule has 0 bridgehead atoms. The molecule has 0 spiro atoms. The second-order valence-corrected chi connectivity index (χ2v) is 3.87. The van der Waals surface area contributed by atoms with E-state index in [-0.39, 0.29) is 11.8 Å². The summed E-state index contributed by atoms with van der Waals surface area (Å²) in [6.07, 6.45) is 1.48. The van der Waals surface area contributed by atoms with Crippen LogP contribution in [0.2, 0.25) is 0 Å². The molecule has 16 heavy (non-hydrogen) atoms. The standard InChI is InChI=1S/C12H14N2O2/c1-8(2)12(16)14-10-5-4-9(3)6-11(10)13-7-15/h4-6,8H,1-3H3,(H,14,16). The molecular formula is C12H14N2O2. The number of nitrogens with zero attached hydrogens (tertiary/aromatic N) is 1. The molecule has 0 fully saturated rings. The summed E-state index contributed by atoms with van der Waals surface area (Å²) in [5, 5.41) is 2.71. The number of aryl methyl sites for hydroxylation is 1. The molecule has 0 saturated heterocycles. The lowest BCUT2D eigenvalue weighted by atomic mass is 10.1. The topological polar surface area (TPSA) is 58.5 Å². The predicted molar refractivity (Wildman–Crippen MR) is 62.4 cm³/mol. The van der Waals surface area contributed by atoms with Gasteiger partial charge in [0.25, 0.3) is 0 Å². The van der Waals surface area contributed by atoms with Crippen LogP contribution in [0, 0.1) is 12.8 Å². The number of isocyanates is 1. The average Bonchev–Trinajstić information content (AvgIpc) is 2.22. The largest absolute Gasteiger partial charge is 0.324 e. The molecular weight excluding hydrogens is 204 g/mol. The van der Waals surface area contributed by atoms with Gasteiger partial charge in [-0.05, 0) is 24.6 Å². The summed E-state index contributed by atoms with van der Waals surface area (Å²) in [5.41, 5.74) is 1.94. The Bertz CT molecular complexity index is 446. The van der Waals surface area contributed by atoms with Gasteiger partial charge in [0, 0.05) is 5.92 Å². The van der Waals surface area contributed by atoms with Gasteiger partial charge < -0.3 is 5.32 Å². The van der Waals surface area contributed by atoms with Gasteiger partial charge in [-0.1, -0.05) is 19.9 Å². The van der Waals surface area contributed by atoms with Gasteiger partial charge in [-0.25, -0.2) is 4.79 Å². The molecule has 0 aromatic heterocycles. The number of nitrogens with one attached hydrogen (secondary N) is 1. The van der Waals surface area contributed by atoms with Gasteiger partial charge in [0.15, 0.2) is 0 Å². The molecule has 0 aliphatic heterocycles. The molecule has 0 atom stereocenters. The van der Waals surface area contributed by atoms with Crippen LogP contribution < -0.4 is 5.32 Å². The molecule has 0 aliphatic carbocycles. The van der Waals surface area contributed by atoms with Gasteiger partial charge in [0.2, 0.25) is 12.0 Å². The molecule has 4 nitrogen and oxygen atoms in total. The Morgan fingerprint density at radius 1 is 1.44 bits per heavy atom. The lowest BCUT2D eigenvalue weighted by Gasteiger charge is -2.09. The summed E-state index contributed by atoms with van der Waals surface area (Å²) < 4.78 is 0. The Kier molecular flexibility index (Phi) is 3.97. The van der Waals surface area contributed by atoms with Crippen molar-refractivity contribution >= 4 is 23.4 Å². The van der Waals surface area contributed by atoms with E-state index < -0.39 is 0 Å². The van der Waals surface area contributed by atoms with Crippen molar-refractivity contribution in [1.82, 2.24) is 0 Å². The van der Waals surface area contributed by atoms with E-state index in [1.165, 1.54) is 6.08 Å². The smallest absolute Gasteiger partial charge is 0.240 e. The monoisotopic (exact) mass is 218 g/mol. The van der Waals surface area contributed by atoms with Crippen LogP contribution in [0.3, 0.4) is 0 Å². The van der Waals surface area contributed by atoms with Crippen molar-refractivity contribution in [3.63, 3.8) is 0 Å². The van der Waals surface area contributed by atoms with Crippen LogP contribution in [0.25, 0.3) is 0 Å². The third kappa shape index (κ3) is 3.04. The number of hydrogen-bond donors (Lipinski definition) is 1. The molecule has 1 aromatic rings. The molecule has 0 heterocycles. The number of carbonyl (C=O) groups is 1. The molecule has 1 rings (SSSR count). The Morgan fingerprint density at radius 2 is 2.12 bits per heavy atom. The Hall–Kier alpha value is -1.93. The van der Waals surface area contributed by atoms with Gasteiger partial charge in [-0.2, -0.15) is 4.99 Å². The number of hydrogen-bond acceptors (Lipinski definition) is 3. The molecule has 1 N–H and O–H groups in total. The van der Waals surface area contributed by atoms with Crippen LogP contribution in [0.5, 0.6) is 0 Å². The van der Waals surface area contributed by atoms with Crippen molar-refractivity contribution in [2.45, 2.75) is 20.8 Å². The Balaban J connectivity index is 3.03. The first-order valence-corrected chi connectivity index (χ1v) is 5.04. The van der Waals surface area contributed by atoms with Gasteiger partial charge in [0.05, 0.1) is 5.69 Å². The zero-order valence-corrected chi connectivity index (χ0v) is 9.57. The highest BCUT2D eigenvalue weighted by Gasteiger charge is 2.09. The third-order valence-corrected chi connectivity index (χ3v) is 2.10. The Morgan fingerprint density at radius 3 is 2.69 bits per heavy atom. The zero-order valence-electron chi connectivity index (χ0n) is 9.57. The fraction of sp³-hybridized carbons (Fsp3) is 0.333. The van der Waals surface area contributed by atoms with Crippen molar-refractivity contribution < 1.29 is 9.59 Å². The highest BCUT2D eigenvalue weighted by molar-refractivity contribution is 5.95. The SMILES string of the molecule is Cc1ccc(NC(=O)C(C)C)c(N=C=O)c1. The first-order chi connectivity index (χ1) is 7.54. The minimum Gasteiger partial charge on any atom is -0.324 e. The maximum atomic E-state index is 11.5. The van der Waals surface area contributed by atoms with Gasteiger partial charge in [0.1, 0.15) is 5.69 Å². The van der Waals surface area contributed by atoms with Crippen LogP contribution >= 0.6 is 0 Å². The average molecular weight is 218 g/mol. The van der Waals surface area contributed by atoms with E-state index in [4.69, 9.17) is 0 Å². The van der Waals surface area contributed by atoms with E-state index >= 15 is 0 Å². The van der Waals surface area contributed by atoms with E-state index in [1.807, 2.05) is 13.0 Å².